The summed E-state index contributed by atoms with van der Waals surface area (Å²) in [4.78, 5) is 8.52. The van der Waals surface area contributed by atoms with Crippen LogP contribution in [0.5, 0.6) is 0 Å². The largest absolute Gasteiger partial charge is 0.383 e. The Bertz CT molecular complexity index is 484. The summed E-state index contributed by atoms with van der Waals surface area (Å²) in [5.74, 6) is 0.557. The van der Waals surface area contributed by atoms with Crippen LogP contribution >= 0.6 is 15.9 Å². The van der Waals surface area contributed by atoms with Crippen LogP contribution in [-0.2, 0) is 11.3 Å². The minimum atomic E-state index is 0.557. The maximum absolute atomic E-state index is 4.95. The number of aromatic nitrogens is 4. The number of methoxy groups -OCH3 is 1. The molecule has 2 rings (SSSR count). The number of hydrogen-bond acceptors (Lipinski definition) is 5. The van der Waals surface area contributed by atoms with E-state index in [-0.39, 0.29) is 0 Å². The van der Waals surface area contributed by atoms with Crippen LogP contribution in [0.3, 0.4) is 0 Å². The van der Waals surface area contributed by atoms with Crippen molar-refractivity contribution < 1.29 is 4.74 Å². The van der Waals surface area contributed by atoms with Crippen molar-refractivity contribution in [2.75, 3.05) is 20.3 Å². The van der Waals surface area contributed by atoms with Crippen LogP contribution in [0.2, 0.25) is 0 Å². The normalized spacial score (nSPS) is 10.8. The third kappa shape index (κ3) is 3.59. The zero-order valence-corrected chi connectivity index (χ0v) is 11.6. The molecule has 6 nitrogen and oxygen atoms in total. The summed E-state index contributed by atoms with van der Waals surface area (Å²) in [6, 6.07) is 0. The molecule has 1 N–H and O–H groups in total. The molecule has 0 fully saturated rings. The fraction of sp³-hybridized carbons (Fsp3) is 0.364. The predicted molar refractivity (Wildman–Crippen MR) is 70.4 cm³/mol. The first-order valence-corrected chi connectivity index (χ1v) is 6.30. The van der Waals surface area contributed by atoms with E-state index in [9.17, 15) is 0 Å². The molecule has 0 radical (unpaired) electrons. The van der Waals surface area contributed by atoms with Gasteiger partial charge in [0.1, 0.15) is 0 Å². The van der Waals surface area contributed by atoms with Crippen LogP contribution in [0.15, 0.2) is 29.3 Å². The molecule has 2 heterocycles. The van der Waals surface area contributed by atoms with Gasteiger partial charge in [-0.15, -0.1) is 0 Å². The zero-order valence-electron chi connectivity index (χ0n) is 10.0. The van der Waals surface area contributed by atoms with E-state index in [0.29, 0.717) is 12.6 Å². The third-order valence-electron chi connectivity index (χ3n) is 2.26. The molecule has 0 bridgehead atoms. The fourth-order valence-corrected chi connectivity index (χ4v) is 1.66. The van der Waals surface area contributed by atoms with Gasteiger partial charge in [-0.1, -0.05) is 0 Å². The Kier molecular flexibility index (Phi) is 4.80. The number of rotatable bonds is 6. The van der Waals surface area contributed by atoms with Crippen LogP contribution < -0.4 is 5.32 Å². The fourth-order valence-electron chi connectivity index (χ4n) is 1.37. The second-order valence-corrected chi connectivity index (χ2v) is 4.58. The maximum atomic E-state index is 4.95. The highest BCUT2D eigenvalue weighted by Crippen LogP contribution is 2.09. The lowest BCUT2D eigenvalue weighted by Crippen LogP contribution is -2.18. The SMILES string of the molecule is COCCNCc1cnc(-n2cc(Br)cn2)nc1. The van der Waals surface area contributed by atoms with Gasteiger partial charge < -0.3 is 10.1 Å². The Hall–Kier alpha value is -1.31. The lowest BCUT2D eigenvalue weighted by atomic mass is 10.3. The number of hydrogen-bond donors (Lipinski definition) is 1. The molecule has 0 aliphatic carbocycles. The van der Waals surface area contributed by atoms with Crippen LogP contribution in [-0.4, -0.2) is 40.0 Å². The number of nitrogens with one attached hydrogen (secondary N) is 1. The van der Waals surface area contributed by atoms with Gasteiger partial charge in [0.25, 0.3) is 0 Å². The van der Waals surface area contributed by atoms with Gasteiger partial charge in [-0.2, -0.15) is 5.10 Å². The first-order chi connectivity index (χ1) is 8.79. The van der Waals surface area contributed by atoms with Gasteiger partial charge in [0.05, 0.1) is 17.3 Å². The summed E-state index contributed by atoms with van der Waals surface area (Å²) in [5, 5.41) is 7.35. The molecule has 0 saturated heterocycles. The highest BCUT2D eigenvalue weighted by Gasteiger charge is 2.02. The monoisotopic (exact) mass is 311 g/mol. The van der Waals surface area contributed by atoms with Gasteiger partial charge in [-0.05, 0) is 15.9 Å². The Morgan fingerprint density at radius 3 is 2.72 bits per heavy atom. The molecule has 0 aromatic carbocycles. The number of nitrogens with zero attached hydrogens (tertiary/aromatic N) is 4. The average molecular weight is 312 g/mol. The Balaban J connectivity index is 1.93. The van der Waals surface area contributed by atoms with Crippen molar-refractivity contribution in [3.63, 3.8) is 0 Å². The number of halogens is 1. The maximum Gasteiger partial charge on any atom is 0.250 e. The molecule has 0 saturated carbocycles. The summed E-state index contributed by atoms with van der Waals surface area (Å²) in [5.41, 5.74) is 1.03. The molecule has 0 unspecified atom stereocenters. The smallest absolute Gasteiger partial charge is 0.250 e. The lowest BCUT2D eigenvalue weighted by Gasteiger charge is -2.04. The second kappa shape index (κ2) is 6.58. The standard InChI is InChI=1S/C11H14BrN5O/c1-18-3-2-13-4-9-5-14-11(15-6-9)17-8-10(12)7-16-17/h5-8,13H,2-4H2,1H3. The second-order valence-electron chi connectivity index (χ2n) is 3.66. The molecular formula is C11H14BrN5O. The van der Waals surface area contributed by atoms with Crippen molar-refractivity contribution in [1.82, 2.24) is 25.1 Å². The van der Waals surface area contributed by atoms with E-state index in [1.54, 1.807) is 30.4 Å². The van der Waals surface area contributed by atoms with Gasteiger partial charge in [0, 0.05) is 44.4 Å². The number of ether oxygens (including phenoxy) is 1. The predicted octanol–water partition coefficient (Wildman–Crippen LogP) is 1.16. The van der Waals surface area contributed by atoms with Crippen molar-refractivity contribution in [2.24, 2.45) is 0 Å². The minimum absolute atomic E-state index is 0.557. The van der Waals surface area contributed by atoms with Gasteiger partial charge in [0.15, 0.2) is 0 Å². The molecule has 0 aliphatic rings. The molecule has 2 aromatic rings. The van der Waals surface area contributed by atoms with E-state index < -0.39 is 0 Å². The molecule has 0 atom stereocenters. The average Bonchev–Trinajstić information content (AvgIpc) is 2.82. The quantitative estimate of drug-likeness (QED) is 0.811. The molecule has 7 heteroatoms. The molecule has 0 amide bonds. The highest BCUT2D eigenvalue weighted by atomic mass is 79.9. The topological polar surface area (TPSA) is 64.9 Å². The molecule has 0 aliphatic heterocycles. The first-order valence-electron chi connectivity index (χ1n) is 5.50. The minimum Gasteiger partial charge on any atom is -0.383 e. The van der Waals surface area contributed by atoms with Gasteiger partial charge in [-0.3, -0.25) is 0 Å². The van der Waals surface area contributed by atoms with Crippen molar-refractivity contribution in [2.45, 2.75) is 6.54 Å². The van der Waals surface area contributed by atoms with Crippen molar-refractivity contribution in [1.29, 1.82) is 0 Å². The summed E-state index contributed by atoms with van der Waals surface area (Å²) in [7, 11) is 1.68. The van der Waals surface area contributed by atoms with E-state index in [1.165, 1.54) is 0 Å². The molecule has 96 valence electrons. The Morgan fingerprint density at radius 2 is 2.11 bits per heavy atom. The summed E-state index contributed by atoms with van der Waals surface area (Å²) in [6.45, 7) is 2.23. The molecule has 2 aromatic heterocycles. The Morgan fingerprint density at radius 1 is 1.33 bits per heavy atom. The lowest BCUT2D eigenvalue weighted by molar-refractivity contribution is 0.199. The van der Waals surface area contributed by atoms with Crippen molar-refractivity contribution >= 4 is 15.9 Å². The molecule has 0 spiro atoms. The Labute approximate surface area is 114 Å². The third-order valence-corrected chi connectivity index (χ3v) is 2.67. The van der Waals surface area contributed by atoms with E-state index in [2.05, 4.69) is 36.3 Å². The van der Waals surface area contributed by atoms with Crippen LogP contribution in [0.1, 0.15) is 5.56 Å². The molecular weight excluding hydrogens is 298 g/mol. The van der Waals surface area contributed by atoms with Gasteiger partial charge >= 0.3 is 0 Å². The zero-order chi connectivity index (χ0) is 12.8. The van der Waals surface area contributed by atoms with Crippen LogP contribution in [0, 0.1) is 0 Å². The first kappa shape index (κ1) is 13.1. The molecule has 18 heavy (non-hydrogen) atoms. The summed E-state index contributed by atoms with van der Waals surface area (Å²) >= 11 is 3.33. The van der Waals surface area contributed by atoms with Gasteiger partial charge in [-0.25, -0.2) is 14.6 Å². The van der Waals surface area contributed by atoms with E-state index in [4.69, 9.17) is 4.74 Å². The summed E-state index contributed by atoms with van der Waals surface area (Å²) < 4.78 is 7.47. The van der Waals surface area contributed by atoms with E-state index >= 15 is 0 Å². The van der Waals surface area contributed by atoms with Crippen LogP contribution in [0.25, 0.3) is 5.95 Å². The van der Waals surface area contributed by atoms with E-state index in [0.717, 1.165) is 23.1 Å². The summed E-state index contributed by atoms with van der Waals surface area (Å²) in [6.07, 6.45) is 7.09. The van der Waals surface area contributed by atoms with E-state index in [1.807, 2.05) is 6.20 Å². The van der Waals surface area contributed by atoms with Crippen molar-refractivity contribution in [3.05, 3.63) is 34.8 Å². The van der Waals surface area contributed by atoms with Gasteiger partial charge in [0.2, 0.25) is 5.95 Å². The van der Waals surface area contributed by atoms with Crippen LogP contribution in [0.4, 0.5) is 0 Å². The van der Waals surface area contributed by atoms with Crippen molar-refractivity contribution in [3.8, 4) is 5.95 Å². The highest BCUT2D eigenvalue weighted by molar-refractivity contribution is 9.10.